The zero-order valence-electron chi connectivity index (χ0n) is 21.7. The fourth-order valence-electron chi connectivity index (χ4n) is 5.52. The Bertz CT molecular complexity index is 1290. The van der Waals surface area contributed by atoms with Crippen LogP contribution in [0.25, 0.3) is 11.1 Å². The summed E-state index contributed by atoms with van der Waals surface area (Å²) in [5.74, 6) is 0.715. The molecular weight excluding hydrogens is 512 g/mol. The summed E-state index contributed by atoms with van der Waals surface area (Å²) in [4.78, 5) is 16.4. The first-order valence-electron chi connectivity index (χ1n) is 13.6. The summed E-state index contributed by atoms with van der Waals surface area (Å²) in [6.45, 7) is 3.58. The Hall–Kier alpha value is -2.45. The second-order valence-electron chi connectivity index (χ2n) is 10.2. The third kappa shape index (κ3) is 6.40. The molecule has 0 amide bonds. The highest BCUT2D eigenvalue weighted by atomic mass is 32.2. The molecule has 2 saturated heterocycles. The van der Waals surface area contributed by atoms with Gasteiger partial charge < -0.3 is 4.90 Å². The number of sulfonamides is 1. The van der Waals surface area contributed by atoms with Crippen LogP contribution in [0.2, 0.25) is 0 Å². The van der Waals surface area contributed by atoms with Crippen LogP contribution >= 0.6 is 11.8 Å². The molecule has 0 spiro atoms. The molecule has 2 aliphatic rings. The van der Waals surface area contributed by atoms with Crippen molar-refractivity contribution in [3.63, 3.8) is 0 Å². The Labute approximate surface area is 231 Å². The van der Waals surface area contributed by atoms with Gasteiger partial charge in [-0.2, -0.15) is 4.31 Å². The lowest BCUT2D eigenvalue weighted by atomic mass is 9.90. The van der Waals surface area contributed by atoms with Gasteiger partial charge in [0.05, 0.1) is 4.90 Å². The quantitative estimate of drug-likeness (QED) is 0.309. The minimum Gasteiger partial charge on any atom is -0.303 e. The lowest BCUT2D eigenvalue weighted by molar-refractivity contribution is -0.120. The van der Waals surface area contributed by atoms with Crippen LogP contribution in [-0.4, -0.2) is 60.7 Å². The summed E-state index contributed by atoms with van der Waals surface area (Å²) in [7, 11) is -3.78. The third-order valence-electron chi connectivity index (χ3n) is 7.65. The summed E-state index contributed by atoms with van der Waals surface area (Å²) in [5.41, 5.74) is 3.16. The minimum atomic E-state index is -3.78. The Kier molecular flexibility index (Phi) is 9.00. The van der Waals surface area contributed by atoms with E-state index in [0.29, 0.717) is 18.7 Å². The maximum atomic E-state index is 13.7. The van der Waals surface area contributed by atoms with Crippen molar-refractivity contribution in [2.75, 3.05) is 31.9 Å². The Morgan fingerprint density at radius 1 is 0.816 bits per heavy atom. The molecule has 0 radical (unpaired) electrons. The molecule has 2 aliphatic heterocycles. The number of ketones is 1. The predicted molar refractivity (Wildman–Crippen MR) is 156 cm³/mol. The van der Waals surface area contributed by atoms with E-state index < -0.39 is 15.4 Å². The van der Waals surface area contributed by atoms with Crippen LogP contribution in [0.4, 0.5) is 0 Å². The first kappa shape index (κ1) is 27.1. The first-order valence-corrected chi connectivity index (χ1v) is 16.1. The smallest absolute Gasteiger partial charge is 0.244 e. The standard InChI is InChI=1S/C31H36N2O3S2/c34-30(24-28(26-12-6-2-7-13-26)18-21-32-19-8-3-9-20-32)31-33(22-23-37-31)38(35,36)29-16-14-27(15-17-29)25-10-4-1-5-11-25/h1-2,4-7,10-17,28,31H,3,8-9,18-24H2. The molecule has 2 heterocycles. The number of nitrogens with zero attached hydrogens (tertiary/aromatic N) is 2. The number of hydrogen-bond donors (Lipinski definition) is 0. The van der Waals surface area contributed by atoms with Gasteiger partial charge in [0, 0.05) is 18.7 Å². The van der Waals surface area contributed by atoms with Gasteiger partial charge in [-0.3, -0.25) is 4.79 Å². The molecule has 3 aromatic rings. The normalized spacial score (nSPS) is 19.8. The highest BCUT2D eigenvalue weighted by Crippen LogP contribution is 2.35. The van der Waals surface area contributed by atoms with Crippen molar-refractivity contribution >= 4 is 27.6 Å². The van der Waals surface area contributed by atoms with Crippen molar-refractivity contribution < 1.29 is 13.2 Å². The van der Waals surface area contributed by atoms with Gasteiger partial charge in [-0.25, -0.2) is 8.42 Å². The van der Waals surface area contributed by atoms with Gasteiger partial charge in [-0.15, -0.1) is 11.8 Å². The summed E-state index contributed by atoms with van der Waals surface area (Å²) in [6.07, 6.45) is 5.05. The molecule has 2 fully saturated rings. The molecular formula is C31H36N2O3S2. The maximum Gasteiger partial charge on any atom is 0.244 e. The van der Waals surface area contributed by atoms with E-state index in [1.54, 1.807) is 12.1 Å². The van der Waals surface area contributed by atoms with Crippen molar-refractivity contribution in [1.82, 2.24) is 9.21 Å². The summed E-state index contributed by atoms with van der Waals surface area (Å²) in [5, 5.41) is -0.671. The number of thioether (sulfide) groups is 1. The third-order valence-corrected chi connectivity index (χ3v) is 10.9. The number of Topliss-reactive ketones (excluding diaryl/α,β-unsaturated/α-hetero) is 1. The number of carbonyl (C=O) groups is 1. The summed E-state index contributed by atoms with van der Waals surface area (Å²) >= 11 is 1.45. The van der Waals surface area contributed by atoms with Crippen LogP contribution in [0.1, 0.15) is 43.6 Å². The molecule has 0 aromatic heterocycles. The maximum absolute atomic E-state index is 13.7. The fourth-order valence-corrected chi connectivity index (χ4v) is 8.69. The number of piperidine rings is 1. The van der Waals surface area contributed by atoms with Crippen LogP contribution in [0.5, 0.6) is 0 Å². The SMILES string of the molecule is O=C(CC(CCN1CCCCC1)c1ccccc1)C1SCCN1S(=O)(=O)c1ccc(-c2ccccc2)cc1. The van der Waals surface area contributed by atoms with Crippen molar-refractivity contribution in [2.24, 2.45) is 0 Å². The Balaban J connectivity index is 1.30. The molecule has 5 nitrogen and oxygen atoms in total. The number of rotatable bonds is 10. The van der Waals surface area contributed by atoms with Crippen LogP contribution in [0.15, 0.2) is 89.8 Å². The highest BCUT2D eigenvalue weighted by Gasteiger charge is 2.40. The minimum absolute atomic E-state index is 0.00415. The molecule has 2 atom stereocenters. The molecule has 0 aliphatic carbocycles. The highest BCUT2D eigenvalue weighted by molar-refractivity contribution is 8.02. The van der Waals surface area contributed by atoms with E-state index >= 15 is 0 Å². The Morgan fingerprint density at radius 2 is 1.45 bits per heavy atom. The van der Waals surface area contributed by atoms with Crippen molar-refractivity contribution in [2.45, 2.75) is 48.3 Å². The van der Waals surface area contributed by atoms with E-state index in [-0.39, 0.29) is 16.6 Å². The van der Waals surface area contributed by atoms with Gasteiger partial charge in [0.25, 0.3) is 0 Å². The van der Waals surface area contributed by atoms with E-state index in [1.807, 2.05) is 60.7 Å². The zero-order valence-corrected chi connectivity index (χ0v) is 23.4. The summed E-state index contributed by atoms with van der Waals surface area (Å²) < 4.78 is 28.7. The molecule has 38 heavy (non-hydrogen) atoms. The van der Waals surface area contributed by atoms with Gasteiger partial charge in [-0.05, 0) is 73.6 Å². The number of carbonyl (C=O) groups excluding carboxylic acids is 1. The van der Waals surface area contributed by atoms with E-state index in [0.717, 1.165) is 42.7 Å². The first-order chi connectivity index (χ1) is 18.5. The van der Waals surface area contributed by atoms with Crippen LogP contribution in [0.3, 0.4) is 0 Å². The average molecular weight is 549 g/mol. The second kappa shape index (κ2) is 12.6. The topological polar surface area (TPSA) is 57.7 Å². The van der Waals surface area contributed by atoms with E-state index in [9.17, 15) is 13.2 Å². The van der Waals surface area contributed by atoms with E-state index in [1.165, 1.54) is 35.3 Å². The zero-order chi connectivity index (χ0) is 26.4. The summed E-state index contributed by atoms with van der Waals surface area (Å²) in [6, 6.07) is 27.1. The average Bonchev–Trinajstić information content (AvgIpc) is 3.48. The fraction of sp³-hybridized carbons (Fsp3) is 0.387. The lowest BCUT2D eigenvalue weighted by Gasteiger charge is -2.29. The van der Waals surface area contributed by atoms with Crippen molar-refractivity contribution in [3.05, 3.63) is 90.5 Å². The molecule has 0 N–H and O–H groups in total. The second-order valence-corrected chi connectivity index (χ2v) is 13.3. The van der Waals surface area contributed by atoms with Crippen LogP contribution in [-0.2, 0) is 14.8 Å². The van der Waals surface area contributed by atoms with Crippen molar-refractivity contribution in [1.29, 1.82) is 0 Å². The van der Waals surface area contributed by atoms with Gasteiger partial charge in [0.2, 0.25) is 10.0 Å². The number of benzene rings is 3. The molecule has 2 unspecified atom stereocenters. The van der Waals surface area contributed by atoms with Crippen molar-refractivity contribution in [3.8, 4) is 11.1 Å². The lowest BCUT2D eigenvalue weighted by Crippen LogP contribution is -2.40. The van der Waals surface area contributed by atoms with Crippen LogP contribution in [0, 0.1) is 0 Å². The van der Waals surface area contributed by atoms with E-state index in [4.69, 9.17) is 0 Å². The Morgan fingerprint density at radius 3 is 2.13 bits per heavy atom. The molecule has 3 aromatic carbocycles. The number of hydrogen-bond acceptors (Lipinski definition) is 5. The molecule has 0 bridgehead atoms. The van der Waals surface area contributed by atoms with Gasteiger partial charge >= 0.3 is 0 Å². The molecule has 7 heteroatoms. The van der Waals surface area contributed by atoms with E-state index in [2.05, 4.69) is 17.0 Å². The predicted octanol–water partition coefficient (Wildman–Crippen LogP) is 6.04. The molecule has 5 rings (SSSR count). The largest absolute Gasteiger partial charge is 0.303 e. The molecule has 200 valence electrons. The van der Waals surface area contributed by atoms with Gasteiger partial charge in [-0.1, -0.05) is 79.2 Å². The van der Waals surface area contributed by atoms with Gasteiger partial charge in [0.15, 0.2) is 5.78 Å². The molecule has 0 saturated carbocycles. The monoisotopic (exact) mass is 548 g/mol. The number of likely N-dealkylation sites (tertiary alicyclic amines) is 1. The van der Waals surface area contributed by atoms with Crippen LogP contribution < -0.4 is 0 Å². The van der Waals surface area contributed by atoms with Gasteiger partial charge in [0.1, 0.15) is 5.37 Å².